The highest BCUT2D eigenvalue weighted by atomic mass is 32.1. The van der Waals surface area contributed by atoms with Crippen LogP contribution in [0, 0.1) is 17.6 Å². The van der Waals surface area contributed by atoms with Crippen molar-refractivity contribution in [1.82, 2.24) is 0 Å². The summed E-state index contributed by atoms with van der Waals surface area (Å²) in [6, 6.07) is 3.41. The summed E-state index contributed by atoms with van der Waals surface area (Å²) in [4.78, 5) is 0.649. The molecule has 1 saturated carbocycles. The Hall–Kier alpha value is -1.03. The maximum absolute atomic E-state index is 13.1. The van der Waals surface area contributed by atoms with E-state index in [0.29, 0.717) is 10.9 Å². The smallest absolute Gasteiger partial charge is 0.149 e. The van der Waals surface area contributed by atoms with Gasteiger partial charge in [0.1, 0.15) is 11.6 Å². The lowest BCUT2D eigenvalue weighted by atomic mass is 10.3. The average Bonchev–Trinajstić information content (AvgIpc) is 2.92. The van der Waals surface area contributed by atoms with Gasteiger partial charge in [-0.3, -0.25) is 0 Å². The first-order valence-electron chi connectivity index (χ1n) is 4.43. The zero-order valence-electron chi connectivity index (χ0n) is 7.39. The van der Waals surface area contributed by atoms with Gasteiger partial charge < -0.3 is 5.32 Å². The van der Waals surface area contributed by atoms with E-state index in [1.54, 1.807) is 0 Å². The molecule has 1 nitrogen and oxygen atoms in total. The number of hydrogen-bond donors (Lipinski definition) is 1. The molecule has 0 atom stereocenters. The number of nitrogens with one attached hydrogen (secondary N) is 1. The Bertz CT molecular complexity index is 374. The minimum Gasteiger partial charge on any atom is -0.347 e. The molecule has 1 aromatic carbocycles. The molecule has 1 aliphatic carbocycles. The predicted molar refractivity (Wildman–Crippen MR) is 55.3 cm³/mol. The third-order valence-corrected chi connectivity index (χ3v) is 2.57. The zero-order valence-corrected chi connectivity index (χ0v) is 8.20. The molecule has 4 heteroatoms. The van der Waals surface area contributed by atoms with E-state index in [9.17, 15) is 8.78 Å². The van der Waals surface area contributed by atoms with Gasteiger partial charge >= 0.3 is 0 Å². The Kier molecular flexibility index (Phi) is 2.46. The van der Waals surface area contributed by atoms with Crippen molar-refractivity contribution in [2.45, 2.75) is 12.8 Å². The molecule has 14 heavy (non-hydrogen) atoms. The molecule has 2 rings (SSSR count). The van der Waals surface area contributed by atoms with Crippen molar-refractivity contribution < 1.29 is 8.78 Å². The van der Waals surface area contributed by atoms with E-state index < -0.39 is 11.6 Å². The van der Waals surface area contributed by atoms with E-state index in [2.05, 4.69) is 5.32 Å². The summed E-state index contributed by atoms with van der Waals surface area (Å²) >= 11 is 5.04. The minimum absolute atomic E-state index is 0.253. The zero-order chi connectivity index (χ0) is 10.1. The Balaban J connectivity index is 2.11. The molecule has 0 saturated heterocycles. The van der Waals surface area contributed by atoms with Crippen LogP contribution in [-0.4, -0.2) is 4.99 Å². The number of hydrogen-bond acceptors (Lipinski definition) is 1. The first kappa shape index (κ1) is 9.52. The van der Waals surface area contributed by atoms with Gasteiger partial charge in [0.15, 0.2) is 0 Å². The Labute approximate surface area is 86.1 Å². The second kappa shape index (κ2) is 3.61. The van der Waals surface area contributed by atoms with Crippen molar-refractivity contribution in [3.05, 3.63) is 29.8 Å². The topological polar surface area (TPSA) is 12.0 Å². The van der Waals surface area contributed by atoms with Crippen LogP contribution in [0.4, 0.5) is 14.5 Å². The Morgan fingerprint density at radius 1 is 1.36 bits per heavy atom. The summed E-state index contributed by atoms with van der Waals surface area (Å²) in [5.74, 6) is -0.798. The molecule has 0 spiro atoms. The molecule has 0 aromatic heterocycles. The van der Waals surface area contributed by atoms with Gasteiger partial charge in [-0.15, -0.1) is 0 Å². The van der Waals surface area contributed by atoms with Crippen LogP contribution in [0.1, 0.15) is 12.8 Å². The second-order valence-electron chi connectivity index (χ2n) is 3.39. The van der Waals surface area contributed by atoms with Gasteiger partial charge in [0.25, 0.3) is 0 Å². The summed E-state index contributed by atoms with van der Waals surface area (Å²) in [5.41, 5.74) is 0.253. The number of anilines is 1. The van der Waals surface area contributed by atoms with Gasteiger partial charge in [0, 0.05) is 12.0 Å². The van der Waals surface area contributed by atoms with E-state index in [0.717, 1.165) is 18.9 Å². The molecule has 1 N–H and O–H groups in total. The number of rotatable bonds is 2. The van der Waals surface area contributed by atoms with Crippen molar-refractivity contribution in [3.63, 3.8) is 0 Å². The van der Waals surface area contributed by atoms with E-state index in [4.69, 9.17) is 12.2 Å². The molecule has 1 aromatic rings. The Morgan fingerprint density at radius 3 is 2.64 bits per heavy atom. The maximum atomic E-state index is 13.1. The van der Waals surface area contributed by atoms with Crippen molar-refractivity contribution in [2.75, 3.05) is 5.32 Å². The maximum Gasteiger partial charge on any atom is 0.149 e. The highest BCUT2D eigenvalue weighted by Crippen LogP contribution is 2.31. The average molecular weight is 213 g/mol. The largest absolute Gasteiger partial charge is 0.347 e. The molecule has 0 bridgehead atoms. The van der Waals surface area contributed by atoms with Gasteiger partial charge in [0.05, 0.1) is 10.7 Å². The van der Waals surface area contributed by atoms with Crippen molar-refractivity contribution >= 4 is 22.9 Å². The standard InChI is InChI=1S/C10H9F2NS/c11-7-3-4-9(8(12)5-7)13-10(14)6-1-2-6/h3-6H,1-2H2,(H,13,14). The van der Waals surface area contributed by atoms with E-state index in [1.165, 1.54) is 12.1 Å². The van der Waals surface area contributed by atoms with Gasteiger partial charge in [-0.25, -0.2) is 8.78 Å². The Morgan fingerprint density at radius 2 is 2.07 bits per heavy atom. The molecule has 74 valence electrons. The summed E-state index contributed by atoms with van der Waals surface area (Å²) in [5, 5.41) is 2.79. The third kappa shape index (κ3) is 2.07. The molecular weight excluding hydrogens is 204 g/mol. The van der Waals surface area contributed by atoms with Crippen LogP contribution in [0.3, 0.4) is 0 Å². The van der Waals surface area contributed by atoms with Crippen LogP contribution < -0.4 is 5.32 Å². The molecule has 1 aliphatic rings. The van der Waals surface area contributed by atoms with Gasteiger partial charge in [-0.1, -0.05) is 12.2 Å². The molecule has 0 unspecified atom stereocenters. The van der Waals surface area contributed by atoms with Crippen molar-refractivity contribution in [3.8, 4) is 0 Å². The van der Waals surface area contributed by atoms with E-state index in [1.807, 2.05) is 0 Å². The van der Waals surface area contributed by atoms with E-state index >= 15 is 0 Å². The second-order valence-corrected chi connectivity index (χ2v) is 3.83. The highest BCUT2D eigenvalue weighted by Gasteiger charge is 2.26. The first-order valence-corrected chi connectivity index (χ1v) is 4.83. The van der Waals surface area contributed by atoms with Crippen molar-refractivity contribution in [1.29, 1.82) is 0 Å². The summed E-state index contributed by atoms with van der Waals surface area (Å²) in [6.45, 7) is 0. The summed E-state index contributed by atoms with van der Waals surface area (Å²) in [7, 11) is 0. The van der Waals surface area contributed by atoms with Crippen LogP contribution in [-0.2, 0) is 0 Å². The first-order chi connectivity index (χ1) is 6.66. The van der Waals surface area contributed by atoms with Crippen LogP contribution in [0.15, 0.2) is 18.2 Å². The summed E-state index contributed by atoms with van der Waals surface area (Å²) in [6.07, 6.45) is 2.13. The van der Waals surface area contributed by atoms with Crippen molar-refractivity contribution in [2.24, 2.45) is 5.92 Å². The fraction of sp³-hybridized carbons (Fsp3) is 0.300. The van der Waals surface area contributed by atoms with Gasteiger partial charge in [0.2, 0.25) is 0 Å². The molecule has 0 radical (unpaired) electrons. The fourth-order valence-corrected chi connectivity index (χ4v) is 1.52. The third-order valence-electron chi connectivity index (χ3n) is 2.14. The predicted octanol–water partition coefficient (Wildman–Crippen LogP) is 3.11. The number of halogens is 2. The van der Waals surface area contributed by atoms with Crippen LogP contribution in [0.2, 0.25) is 0 Å². The normalized spacial score (nSPS) is 15.3. The minimum atomic E-state index is -0.604. The van der Waals surface area contributed by atoms with Crippen LogP contribution in [0.5, 0.6) is 0 Å². The molecule has 0 amide bonds. The lowest BCUT2D eigenvalue weighted by Crippen LogP contribution is -2.12. The fourth-order valence-electron chi connectivity index (χ4n) is 1.17. The van der Waals surface area contributed by atoms with Crippen LogP contribution in [0.25, 0.3) is 0 Å². The number of thiocarbonyl (C=S) groups is 1. The van der Waals surface area contributed by atoms with Crippen LogP contribution >= 0.6 is 12.2 Å². The summed E-state index contributed by atoms with van der Waals surface area (Å²) < 4.78 is 25.7. The molecule has 1 fully saturated rings. The monoisotopic (exact) mass is 213 g/mol. The lowest BCUT2D eigenvalue weighted by molar-refractivity contribution is 0.586. The van der Waals surface area contributed by atoms with E-state index in [-0.39, 0.29) is 5.69 Å². The quantitative estimate of drug-likeness (QED) is 0.757. The number of benzene rings is 1. The van der Waals surface area contributed by atoms with Gasteiger partial charge in [-0.2, -0.15) is 0 Å². The SMILES string of the molecule is Fc1ccc(NC(=S)C2CC2)c(F)c1. The molecular formula is C10H9F2NS. The lowest BCUT2D eigenvalue weighted by Gasteiger charge is -2.07. The van der Waals surface area contributed by atoms with Gasteiger partial charge in [-0.05, 0) is 25.0 Å². The molecule has 0 heterocycles. The highest BCUT2D eigenvalue weighted by molar-refractivity contribution is 7.80. The molecule has 0 aliphatic heterocycles.